The van der Waals surface area contributed by atoms with Gasteiger partial charge < -0.3 is 9.80 Å². The monoisotopic (exact) mass is 411 g/mol. The molecule has 0 atom stereocenters. The zero-order valence-corrected chi connectivity index (χ0v) is 17.5. The van der Waals surface area contributed by atoms with Crippen LogP contribution in [-0.2, 0) is 20.8 Å². The van der Waals surface area contributed by atoms with E-state index in [1.807, 2.05) is 23.1 Å². The van der Waals surface area contributed by atoms with Gasteiger partial charge in [-0.05, 0) is 43.2 Å². The van der Waals surface area contributed by atoms with Crippen molar-refractivity contribution in [3.05, 3.63) is 35.4 Å². The molecule has 7 nitrogen and oxygen atoms in total. The fourth-order valence-electron chi connectivity index (χ4n) is 4.93. The number of nitrogens with zero attached hydrogens (tertiary/aromatic N) is 3. The van der Waals surface area contributed by atoms with Gasteiger partial charge in [0.2, 0.25) is 17.7 Å². The van der Waals surface area contributed by atoms with Crippen LogP contribution in [-0.4, -0.2) is 71.1 Å². The number of piperazine rings is 1. The van der Waals surface area contributed by atoms with Crippen LogP contribution < -0.4 is 0 Å². The van der Waals surface area contributed by atoms with Gasteiger partial charge in [0.15, 0.2) is 0 Å². The number of amides is 4. The fourth-order valence-corrected chi connectivity index (χ4v) is 4.93. The third-order valence-electron chi connectivity index (χ3n) is 6.81. The molecule has 0 N–H and O–H groups in total. The van der Waals surface area contributed by atoms with Crippen molar-refractivity contribution >= 4 is 23.6 Å². The molecule has 1 aliphatic carbocycles. The lowest BCUT2D eigenvalue weighted by Gasteiger charge is -2.38. The molecule has 1 aromatic rings. The predicted octanol–water partition coefficient (Wildman–Crippen LogP) is 1.71. The van der Waals surface area contributed by atoms with Gasteiger partial charge in [0, 0.05) is 51.1 Å². The van der Waals surface area contributed by atoms with E-state index in [2.05, 4.69) is 0 Å². The van der Waals surface area contributed by atoms with Crippen LogP contribution in [0.25, 0.3) is 0 Å². The van der Waals surface area contributed by atoms with E-state index in [4.69, 9.17) is 0 Å². The lowest BCUT2D eigenvalue weighted by Crippen LogP contribution is -2.52. The Morgan fingerprint density at radius 3 is 2.23 bits per heavy atom. The second kappa shape index (κ2) is 8.58. The standard InChI is InChI=1S/C23H29N3O4/c1-16(27)24-10-12-25(13-11-24)22(29)18-8-6-17(7-9-18)15-26-21(28)14-19-4-2-3-5-20(19)23(26)30/h2-5,17-18H,6-15H2,1H3. The third-order valence-corrected chi connectivity index (χ3v) is 6.81. The lowest BCUT2D eigenvalue weighted by atomic mass is 9.80. The van der Waals surface area contributed by atoms with Gasteiger partial charge in [-0.2, -0.15) is 0 Å². The van der Waals surface area contributed by atoms with Crippen molar-refractivity contribution in [1.82, 2.24) is 14.7 Å². The Labute approximate surface area is 177 Å². The molecule has 2 aliphatic heterocycles. The van der Waals surface area contributed by atoms with E-state index in [0.717, 1.165) is 31.2 Å². The molecule has 0 bridgehead atoms. The summed E-state index contributed by atoms with van der Waals surface area (Å²) in [6.07, 6.45) is 3.57. The van der Waals surface area contributed by atoms with Gasteiger partial charge >= 0.3 is 0 Å². The van der Waals surface area contributed by atoms with Crippen molar-refractivity contribution in [3.63, 3.8) is 0 Å². The minimum atomic E-state index is -0.191. The smallest absolute Gasteiger partial charge is 0.260 e. The molecule has 2 fully saturated rings. The van der Waals surface area contributed by atoms with E-state index in [1.165, 1.54) is 4.90 Å². The van der Waals surface area contributed by atoms with Crippen molar-refractivity contribution in [2.75, 3.05) is 32.7 Å². The molecular formula is C23H29N3O4. The highest BCUT2D eigenvalue weighted by Crippen LogP contribution is 2.32. The van der Waals surface area contributed by atoms with Gasteiger partial charge in [0.25, 0.3) is 5.91 Å². The summed E-state index contributed by atoms with van der Waals surface area (Å²) < 4.78 is 0. The van der Waals surface area contributed by atoms with Crippen LogP contribution in [0.2, 0.25) is 0 Å². The Balaban J connectivity index is 1.29. The van der Waals surface area contributed by atoms with Crippen LogP contribution in [0, 0.1) is 11.8 Å². The van der Waals surface area contributed by atoms with Crippen molar-refractivity contribution in [1.29, 1.82) is 0 Å². The number of fused-ring (bicyclic) bond motifs is 1. The van der Waals surface area contributed by atoms with Gasteiger partial charge in [0.05, 0.1) is 6.42 Å². The predicted molar refractivity (Wildman–Crippen MR) is 110 cm³/mol. The first kappa shape index (κ1) is 20.6. The number of hydrogen-bond acceptors (Lipinski definition) is 4. The van der Waals surface area contributed by atoms with Gasteiger partial charge in [-0.1, -0.05) is 18.2 Å². The normalized spacial score (nSPS) is 24.6. The van der Waals surface area contributed by atoms with E-state index in [0.29, 0.717) is 38.3 Å². The first-order valence-electron chi connectivity index (χ1n) is 10.9. The van der Waals surface area contributed by atoms with Gasteiger partial charge in [-0.25, -0.2) is 0 Å². The lowest BCUT2D eigenvalue weighted by molar-refractivity contribution is -0.142. The van der Waals surface area contributed by atoms with Crippen molar-refractivity contribution in [2.45, 2.75) is 39.0 Å². The second-order valence-electron chi connectivity index (χ2n) is 8.69. The molecule has 0 aromatic heterocycles. The summed E-state index contributed by atoms with van der Waals surface area (Å²) in [6.45, 7) is 4.44. The van der Waals surface area contributed by atoms with Gasteiger partial charge in [-0.15, -0.1) is 0 Å². The molecule has 3 aliphatic rings. The molecule has 160 valence electrons. The average molecular weight is 412 g/mol. The second-order valence-corrected chi connectivity index (χ2v) is 8.69. The Morgan fingerprint density at radius 1 is 0.933 bits per heavy atom. The molecule has 4 amide bonds. The summed E-state index contributed by atoms with van der Waals surface area (Å²) in [7, 11) is 0. The minimum absolute atomic E-state index is 0.0126. The zero-order chi connectivity index (χ0) is 21.3. The van der Waals surface area contributed by atoms with Crippen LogP contribution in [0.1, 0.15) is 48.5 Å². The largest absolute Gasteiger partial charge is 0.339 e. The summed E-state index contributed by atoms with van der Waals surface area (Å²) in [4.78, 5) is 54.7. The Hall–Kier alpha value is -2.70. The highest BCUT2D eigenvalue weighted by atomic mass is 16.2. The van der Waals surface area contributed by atoms with Crippen molar-refractivity contribution in [2.24, 2.45) is 11.8 Å². The fraction of sp³-hybridized carbons (Fsp3) is 0.565. The SMILES string of the molecule is CC(=O)N1CCN(C(=O)C2CCC(CN3C(=O)Cc4ccccc4C3=O)CC2)CC1. The van der Waals surface area contributed by atoms with E-state index in [1.54, 1.807) is 17.9 Å². The van der Waals surface area contributed by atoms with E-state index < -0.39 is 0 Å². The van der Waals surface area contributed by atoms with Crippen LogP contribution in [0.5, 0.6) is 0 Å². The van der Waals surface area contributed by atoms with E-state index in [-0.39, 0.29) is 41.9 Å². The maximum absolute atomic E-state index is 12.9. The molecule has 1 saturated heterocycles. The number of carbonyl (C=O) groups excluding carboxylic acids is 4. The molecular weight excluding hydrogens is 382 g/mol. The molecule has 30 heavy (non-hydrogen) atoms. The van der Waals surface area contributed by atoms with E-state index >= 15 is 0 Å². The van der Waals surface area contributed by atoms with Gasteiger partial charge in [0.1, 0.15) is 0 Å². The molecule has 7 heteroatoms. The first-order valence-corrected chi connectivity index (χ1v) is 10.9. The summed E-state index contributed by atoms with van der Waals surface area (Å²) in [5.41, 5.74) is 1.44. The van der Waals surface area contributed by atoms with E-state index in [9.17, 15) is 19.2 Å². The Bertz CT molecular complexity index is 852. The highest BCUT2D eigenvalue weighted by molar-refractivity contribution is 6.09. The quantitative estimate of drug-likeness (QED) is 0.710. The highest BCUT2D eigenvalue weighted by Gasteiger charge is 2.35. The maximum Gasteiger partial charge on any atom is 0.260 e. The van der Waals surface area contributed by atoms with Crippen molar-refractivity contribution in [3.8, 4) is 0 Å². The minimum Gasteiger partial charge on any atom is -0.339 e. The zero-order valence-electron chi connectivity index (χ0n) is 17.5. The maximum atomic E-state index is 12.9. The third kappa shape index (κ3) is 4.11. The molecule has 0 unspecified atom stereocenters. The van der Waals surface area contributed by atoms with Crippen LogP contribution in [0.15, 0.2) is 24.3 Å². The average Bonchev–Trinajstić information content (AvgIpc) is 2.76. The van der Waals surface area contributed by atoms with Crippen LogP contribution in [0.4, 0.5) is 0 Å². The van der Waals surface area contributed by atoms with Crippen LogP contribution >= 0.6 is 0 Å². The molecule has 0 spiro atoms. The number of hydrogen-bond donors (Lipinski definition) is 0. The number of benzene rings is 1. The Morgan fingerprint density at radius 2 is 1.57 bits per heavy atom. The number of rotatable bonds is 3. The van der Waals surface area contributed by atoms with Crippen LogP contribution in [0.3, 0.4) is 0 Å². The summed E-state index contributed by atoms with van der Waals surface area (Å²) in [6, 6.07) is 7.32. The summed E-state index contributed by atoms with van der Waals surface area (Å²) >= 11 is 0. The molecule has 2 heterocycles. The van der Waals surface area contributed by atoms with Gasteiger partial charge in [-0.3, -0.25) is 24.1 Å². The molecule has 1 saturated carbocycles. The Kier molecular flexibility index (Phi) is 5.88. The number of imide groups is 1. The first-order chi connectivity index (χ1) is 14.4. The molecule has 4 rings (SSSR count). The summed E-state index contributed by atoms with van der Waals surface area (Å²) in [5.74, 6) is 0.201. The topological polar surface area (TPSA) is 78.0 Å². The summed E-state index contributed by atoms with van der Waals surface area (Å²) in [5, 5.41) is 0. The number of carbonyl (C=O) groups is 4. The van der Waals surface area contributed by atoms with Crippen molar-refractivity contribution < 1.29 is 19.2 Å². The molecule has 1 aromatic carbocycles. The molecule has 0 radical (unpaired) electrons.